The van der Waals surface area contributed by atoms with Crippen LogP contribution < -0.4 is 14.2 Å². The van der Waals surface area contributed by atoms with Crippen LogP contribution >= 0.6 is 11.3 Å². The third-order valence-electron chi connectivity index (χ3n) is 4.55. The van der Waals surface area contributed by atoms with Gasteiger partial charge >= 0.3 is 0 Å². The number of sulfonamides is 1. The summed E-state index contributed by atoms with van der Waals surface area (Å²) in [6.07, 6.45) is 0. The van der Waals surface area contributed by atoms with Crippen molar-refractivity contribution in [3.05, 3.63) is 70.4 Å². The molecule has 3 aromatic rings. The lowest BCUT2D eigenvalue weighted by Gasteiger charge is -2.20. The summed E-state index contributed by atoms with van der Waals surface area (Å²) in [5.41, 5.74) is 0.494. The van der Waals surface area contributed by atoms with Crippen molar-refractivity contribution in [2.75, 3.05) is 25.0 Å². The second kappa shape index (κ2) is 8.37. The highest BCUT2D eigenvalue weighted by Crippen LogP contribution is 2.33. The Hall–Kier alpha value is -3.04. The summed E-state index contributed by atoms with van der Waals surface area (Å²) in [5, 5.41) is 1.95. The molecular weight excluding hydrogens is 424 g/mol. The summed E-state index contributed by atoms with van der Waals surface area (Å²) in [6, 6.07) is 14.9. The molecule has 7 nitrogen and oxygen atoms in total. The third-order valence-corrected chi connectivity index (χ3v) is 6.77. The smallest absolute Gasteiger partial charge is 0.262 e. The van der Waals surface area contributed by atoms with Crippen LogP contribution in [0.4, 0.5) is 5.69 Å². The van der Waals surface area contributed by atoms with Crippen LogP contribution in [0.25, 0.3) is 0 Å². The molecule has 0 atom stereocenters. The molecule has 1 aliphatic heterocycles. The summed E-state index contributed by atoms with van der Waals surface area (Å²) >= 11 is 1.56. The Kier molecular flexibility index (Phi) is 5.65. The highest BCUT2D eigenvalue weighted by Gasteiger charge is 2.23. The molecule has 2 heterocycles. The molecule has 1 aromatic heterocycles. The van der Waals surface area contributed by atoms with Crippen LogP contribution in [0, 0.1) is 0 Å². The first-order valence-electron chi connectivity index (χ1n) is 9.23. The van der Waals surface area contributed by atoms with Gasteiger partial charge in [0.25, 0.3) is 15.9 Å². The number of hydrogen-bond acceptors (Lipinski definition) is 6. The van der Waals surface area contributed by atoms with E-state index in [4.69, 9.17) is 9.47 Å². The van der Waals surface area contributed by atoms with Crippen LogP contribution in [0.15, 0.2) is 64.9 Å². The summed E-state index contributed by atoms with van der Waals surface area (Å²) in [5.74, 6) is 0.610. The monoisotopic (exact) mass is 444 g/mol. The number of nitrogens with zero attached hydrogens (tertiary/aromatic N) is 1. The highest BCUT2D eigenvalue weighted by molar-refractivity contribution is 7.92. The molecule has 0 fully saturated rings. The number of ether oxygens (including phenoxy) is 2. The predicted octanol–water partition coefficient (Wildman–Crippen LogP) is 3.59. The number of benzene rings is 2. The van der Waals surface area contributed by atoms with E-state index in [1.54, 1.807) is 53.6 Å². The minimum Gasteiger partial charge on any atom is -0.486 e. The van der Waals surface area contributed by atoms with Crippen molar-refractivity contribution in [2.45, 2.75) is 11.4 Å². The van der Waals surface area contributed by atoms with Gasteiger partial charge in [-0.2, -0.15) is 0 Å². The topological polar surface area (TPSA) is 84.9 Å². The SMILES string of the molecule is CN(Cc1cccs1)C(=O)c1ccccc1NS(=O)(=O)c1ccc2c(c1)OCCO2. The Labute approximate surface area is 178 Å². The van der Waals surface area contributed by atoms with Crippen LogP contribution in [-0.4, -0.2) is 39.5 Å². The molecule has 0 bridgehead atoms. The van der Waals surface area contributed by atoms with Crippen LogP contribution in [-0.2, 0) is 16.6 Å². The molecule has 0 saturated heterocycles. The van der Waals surface area contributed by atoms with Crippen molar-refractivity contribution >= 4 is 33.0 Å². The molecule has 30 heavy (non-hydrogen) atoms. The lowest BCUT2D eigenvalue weighted by Crippen LogP contribution is -2.27. The number of rotatable bonds is 6. The number of carbonyl (C=O) groups excluding carboxylic acids is 1. The zero-order valence-corrected chi connectivity index (χ0v) is 17.8. The van der Waals surface area contributed by atoms with Crippen molar-refractivity contribution in [3.8, 4) is 11.5 Å². The molecule has 2 aromatic carbocycles. The number of thiophene rings is 1. The van der Waals surface area contributed by atoms with Crippen molar-refractivity contribution in [1.82, 2.24) is 4.90 Å². The van der Waals surface area contributed by atoms with Gasteiger partial charge in [0.05, 0.1) is 22.7 Å². The maximum absolute atomic E-state index is 13.0. The molecule has 4 rings (SSSR count). The lowest BCUT2D eigenvalue weighted by molar-refractivity contribution is 0.0787. The standard InChI is InChI=1S/C21H20N2O5S2/c1-23(14-15-5-4-12-29-15)21(24)17-6-2-3-7-18(17)22-30(25,26)16-8-9-19-20(13-16)28-11-10-27-19/h2-9,12-13,22H,10-11,14H2,1H3. The van der Waals surface area contributed by atoms with Gasteiger partial charge in [0.15, 0.2) is 11.5 Å². The number of para-hydroxylation sites is 1. The van der Waals surface area contributed by atoms with Crippen LogP contribution in [0.2, 0.25) is 0 Å². The normalized spacial score (nSPS) is 13.0. The van der Waals surface area contributed by atoms with E-state index in [1.165, 1.54) is 12.1 Å². The number of amides is 1. The number of fused-ring (bicyclic) bond motifs is 1. The van der Waals surface area contributed by atoms with Gasteiger partial charge < -0.3 is 14.4 Å². The maximum Gasteiger partial charge on any atom is 0.262 e. The molecule has 1 amide bonds. The number of hydrogen-bond donors (Lipinski definition) is 1. The number of anilines is 1. The highest BCUT2D eigenvalue weighted by atomic mass is 32.2. The first-order valence-corrected chi connectivity index (χ1v) is 11.6. The molecule has 1 aliphatic rings. The quantitative estimate of drug-likeness (QED) is 0.628. The third kappa shape index (κ3) is 4.27. The minimum atomic E-state index is -3.93. The number of nitrogens with one attached hydrogen (secondary N) is 1. The Morgan fingerprint density at radius 3 is 2.60 bits per heavy atom. The summed E-state index contributed by atoms with van der Waals surface area (Å²) in [4.78, 5) is 15.6. The van der Waals surface area contributed by atoms with Gasteiger partial charge in [-0.05, 0) is 35.7 Å². The second-order valence-electron chi connectivity index (χ2n) is 6.70. The molecule has 0 spiro atoms. The summed E-state index contributed by atoms with van der Waals surface area (Å²) in [7, 11) is -2.24. The van der Waals surface area contributed by atoms with E-state index in [-0.39, 0.29) is 22.1 Å². The fourth-order valence-corrected chi connectivity index (χ4v) is 4.92. The Bertz CT molecular complexity index is 1160. The molecule has 156 valence electrons. The molecule has 1 N–H and O–H groups in total. The fraction of sp³-hybridized carbons (Fsp3) is 0.190. The van der Waals surface area contributed by atoms with E-state index in [0.717, 1.165) is 4.88 Å². The zero-order valence-electron chi connectivity index (χ0n) is 16.2. The molecule has 0 radical (unpaired) electrons. The van der Waals surface area contributed by atoms with Crippen LogP contribution in [0.5, 0.6) is 11.5 Å². The Morgan fingerprint density at radius 2 is 1.83 bits per heavy atom. The van der Waals surface area contributed by atoms with Crippen molar-refractivity contribution < 1.29 is 22.7 Å². The van der Waals surface area contributed by atoms with E-state index >= 15 is 0 Å². The van der Waals surface area contributed by atoms with Gasteiger partial charge in [-0.1, -0.05) is 18.2 Å². The van der Waals surface area contributed by atoms with E-state index in [0.29, 0.717) is 31.3 Å². The van der Waals surface area contributed by atoms with Gasteiger partial charge in [-0.3, -0.25) is 9.52 Å². The van der Waals surface area contributed by atoms with E-state index in [1.807, 2.05) is 17.5 Å². The first-order chi connectivity index (χ1) is 14.4. The first kappa shape index (κ1) is 20.2. The van der Waals surface area contributed by atoms with E-state index < -0.39 is 10.0 Å². The lowest BCUT2D eigenvalue weighted by atomic mass is 10.1. The molecule has 9 heteroatoms. The second-order valence-corrected chi connectivity index (χ2v) is 9.41. The van der Waals surface area contributed by atoms with Gasteiger partial charge in [0.1, 0.15) is 13.2 Å². The summed E-state index contributed by atoms with van der Waals surface area (Å²) < 4.78 is 39.4. The average Bonchev–Trinajstić information content (AvgIpc) is 3.26. The molecule has 0 saturated carbocycles. The van der Waals surface area contributed by atoms with Crippen LogP contribution in [0.3, 0.4) is 0 Å². The largest absolute Gasteiger partial charge is 0.486 e. The minimum absolute atomic E-state index is 0.0287. The molecule has 0 aliphatic carbocycles. The van der Waals surface area contributed by atoms with Crippen LogP contribution in [0.1, 0.15) is 15.2 Å². The van der Waals surface area contributed by atoms with E-state index in [9.17, 15) is 13.2 Å². The zero-order chi connectivity index (χ0) is 21.1. The molecule has 0 unspecified atom stereocenters. The fourth-order valence-electron chi connectivity index (χ4n) is 3.07. The van der Waals surface area contributed by atoms with Crippen molar-refractivity contribution in [2.24, 2.45) is 0 Å². The van der Waals surface area contributed by atoms with Gasteiger partial charge in [-0.15, -0.1) is 11.3 Å². The molecular formula is C21H20N2O5S2. The van der Waals surface area contributed by atoms with Crippen molar-refractivity contribution in [1.29, 1.82) is 0 Å². The maximum atomic E-state index is 13.0. The van der Waals surface area contributed by atoms with Gasteiger partial charge in [-0.25, -0.2) is 8.42 Å². The average molecular weight is 445 g/mol. The van der Waals surface area contributed by atoms with Crippen molar-refractivity contribution in [3.63, 3.8) is 0 Å². The predicted molar refractivity (Wildman–Crippen MR) is 115 cm³/mol. The van der Waals surface area contributed by atoms with Gasteiger partial charge in [0.2, 0.25) is 0 Å². The summed E-state index contributed by atoms with van der Waals surface area (Å²) in [6.45, 7) is 1.23. The Balaban J connectivity index is 1.58. The van der Waals surface area contributed by atoms with E-state index in [2.05, 4.69) is 4.72 Å². The Morgan fingerprint density at radius 1 is 1.07 bits per heavy atom. The van der Waals surface area contributed by atoms with Gasteiger partial charge in [0, 0.05) is 18.0 Å². The number of carbonyl (C=O) groups is 1.